The number of nitrogens with zero attached hydrogens (tertiary/aromatic N) is 3. The van der Waals surface area contributed by atoms with Crippen LogP contribution in [0.1, 0.15) is 24.6 Å². The van der Waals surface area contributed by atoms with Crippen molar-refractivity contribution in [1.82, 2.24) is 20.4 Å². The van der Waals surface area contributed by atoms with E-state index in [-0.39, 0.29) is 0 Å². The Balaban J connectivity index is 1.82. The van der Waals surface area contributed by atoms with Crippen LogP contribution < -0.4 is 5.32 Å². The van der Waals surface area contributed by atoms with Crippen LogP contribution in [-0.4, -0.2) is 28.2 Å². The highest BCUT2D eigenvalue weighted by atomic mass is 35.5. The molecule has 1 aliphatic rings. The normalized spacial score (nSPS) is 19.9. The first-order valence-electron chi connectivity index (χ1n) is 5.99. The second kappa shape index (κ2) is 5.04. The van der Waals surface area contributed by atoms with Gasteiger partial charge in [0, 0.05) is 18.7 Å². The molecule has 1 atom stereocenters. The Morgan fingerprint density at radius 3 is 3.06 bits per heavy atom. The first-order valence-corrected chi connectivity index (χ1v) is 6.37. The molecule has 1 saturated heterocycles. The number of rotatable bonds is 2. The van der Waals surface area contributed by atoms with E-state index in [0.29, 0.717) is 22.5 Å². The van der Waals surface area contributed by atoms with Gasteiger partial charge in [0.25, 0.3) is 5.89 Å². The second-order valence-corrected chi connectivity index (χ2v) is 4.80. The standard InChI is InChI=1S/C12H13ClN4O/c13-9-3-4-10(15-7-9)12-16-11(17-18-12)8-2-1-5-14-6-8/h3-4,7-8,14H,1-2,5-6H2. The zero-order chi connectivity index (χ0) is 12.4. The van der Waals surface area contributed by atoms with Gasteiger partial charge in [0.2, 0.25) is 0 Å². The Labute approximate surface area is 110 Å². The summed E-state index contributed by atoms with van der Waals surface area (Å²) in [6, 6.07) is 3.54. The minimum absolute atomic E-state index is 0.337. The number of hydrogen-bond donors (Lipinski definition) is 1. The van der Waals surface area contributed by atoms with Crippen molar-refractivity contribution in [1.29, 1.82) is 0 Å². The van der Waals surface area contributed by atoms with Gasteiger partial charge in [0.1, 0.15) is 5.69 Å². The summed E-state index contributed by atoms with van der Waals surface area (Å²) in [5.74, 6) is 1.55. The first kappa shape index (κ1) is 11.6. The fourth-order valence-corrected chi connectivity index (χ4v) is 2.19. The third-order valence-corrected chi connectivity index (χ3v) is 3.27. The largest absolute Gasteiger partial charge is 0.332 e. The van der Waals surface area contributed by atoms with Crippen molar-refractivity contribution in [2.24, 2.45) is 0 Å². The average molecular weight is 265 g/mol. The maximum atomic E-state index is 5.79. The van der Waals surface area contributed by atoms with Crippen molar-refractivity contribution in [3.63, 3.8) is 0 Å². The summed E-state index contributed by atoms with van der Waals surface area (Å²) in [4.78, 5) is 8.57. The SMILES string of the molecule is Clc1ccc(-c2nc(C3CCCNC3)no2)nc1. The Morgan fingerprint density at radius 2 is 2.33 bits per heavy atom. The van der Waals surface area contributed by atoms with E-state index >= 15 is 0 Å². The second-order valence-electron chi connectivity index (χ2n) is 4.36. The summed E-state index contributed by atoms with van der Waals surface area (Å²) in [6.07, 6.45) is 3.82. The molecule has 0 radical (unpaired) electrons. The molecule has 3 rings (SSSR count). The van der Waals surface area contributed by atoms with E-state index in [1.165, 1.54) is 0 Å². The molecule has 3 heterocycles. The van der Waals surface area contributed by atoms with Crippen molar-refractivity contribution < 1.29 is 4.52 Å². The lowest BCUT2D eigenvalue weighted by molar-refractivity contribution is 0.392. The molecule has 0 amide bonds. The molecule has 18 heavy (non-hydrogen) atoms. The van der Waals surface area contributed by atoms with Crippen LogP contribution in [-0.2, 0) is 0 Å². The van der Waals surface area contributed by atoms with Crippen molar-refractivity contribution in [2.45, 2.75) is 18.8 Å². The molecule has 2 aromatic rings. The van der Waals surface area contributed by atoms with Crippen LogP contribution in [0.4, 0.5) is 0 Å². The zero-order valence-corrected chi connectivity index (χ0v) is 10.5. The van der Waals surface area contributed by atoms with Crippen LogP contribution in [0.2, 0.25) is 5.02 Å². The van der Waals surface area contributed by atoms with Gasteiger partial charge in [-0.15, -0.1) is 0 Å². The molecule has 0 spiro atoms. The first-order chi connectivity index (χ1) is 8.83. The van der Waals surface area contributed by atoms with Crippen molar-refractivity contribution in [3.05, 3.63) is 29.2 Å². The number of nitrogens with one attached hydrogen (secondary N) is 1. The summed E-state index contributed by atoms with van der Waals surface area (Å²) in [5.41, 5.74) is 0.655. The summed E-state index contributed by atoms with van der Waals surface area (Å²) < 4.78 is 5.25. The summed E-state index contributed by atoms with van der Waals surface area (Å²) in [5, 5.41) is 7.97. The van der Waals surface area contributed by atoms with Crippen LogP contribution in [0.15, 0.2) is 22.9 Å². The maximum absolute atomic E-state index is 5.79. The Bertz CT molecular complexity index is 519. The molecule has 1 N–H and O–H groups in total. The molecule has 0 aliphatic carbocycles. The van der Waals surface area contributed by atoms with E-state index in [4.69, 9.17) is 16.1 Å². The number of piperidine rings is 1. The molecule has 2 aromatic heterocycles. The van der Waals surface area contributed by atoms with Crippen LogP contribution in [0.3, 0.4) is 0 Å². The molecule has 0 bridgehead atoms. The van der Waals surface area contributed by atoms with Crippen LogP contribution in [0, 0.1) is 0 Å². The van der Waals surface area contributed by atoms with Crippen LogP contribution in [0.5, 0.6) is 0 Å². The average Bonchev–Trinajstić information content (AvgIpc) is 2.90. The minimum Gasteiger partial charge on any atom is -0.332 e. The Kier molecular flexibility index (Phi) is 3.25. The highest BCUT2D eigenvalue weighted by molar-refractivity contribution is 6.30. The third-order valence-electron chi connectivity index (χ3n) is 3.05. The maximum Gasteiger partial charge on any atom is 0.276 e. The summed E-state index contributed by atoms with van der Waals surface area (Å²) in [7, 11) is 0. The summed E-state index contributed by atoms with van der Waals surface area (Å²) in [6.45, 7) is 1.98. The molecule has 0 aromatic carbocycles. The van der Waals surface area contributed by atoms with Crippen molar-refractivity contribution >= 4 is 11.6 Å². The minimum atomic E-state index is 0.337. The van der Waals surface area contributed by atoms with Crippen molar-refractivity contribution in [2.75, 3.05) is 13.1 Å². The zero-order valence-electron chi connectivity index (χ0n) is 9.77. The molecule has 1 fully saturated rings. The highest BCUT2D eigenvalue weighted by Gasteiger charge is 2.21. The fraction of sp³-hybridized carbons (Fsp3) is 0.417. The van der Waals surface area contributed by atoms with Crippen LogP contribution >= 0.6 is 11.6 Å². The molecule has 1 unspecified atom stereocenters. The summed E-state index contributed by atoms with van der Waals surface area (Å²) >= 11 is 5.79. The molecule has 0 saturated carbocycles. The van der Waals surface area contributed by atoms with Gasteiger partial charge in [0.15, 0.2) is 5.82 Å². The van der Waals surface area contributed by atoms with E-state index in [1.807, 2.05) is 0 Å². The lowest BCUT2D eigenvalue weighted by Crippen LogP contribution is -2.28. The van der Waals surface area contributed by atoms with Gasteiger partial charge in [0.05, 0.1) is 5.02 Å². The Hall–Kier alpha value is -1.46. The van der Waals surface area contributed by atoms with Gasteiger partial charge in [-0.3, -0.25) is 0 Å². The van der Waals surface area contributed by atoms with Gasteiger partial charge in [-0.2, -0.15) is 4.98 Å². The van der Waals surface area contributed by atoms with E-state index in [2.05, 4.69) is 20.4 Å². The topological polar surface area (TPSA) is 63.8 Å². The van der Waals surface area contributed by atoms with Gasteiger partial charge in [-0.25, -0.2) is 4.98 Å². The van der Waals surface area contributed by atoms with E-state index in [9.17, 15) is 0 Å². The molecular weight excluding hydrogens is 252 g/mol. The number of hydrogen-bond acceptors (Lipinski definition) is 5. The number of halogens is 1. The smallest absolute Gasteiger partial charge is 0.276 e. The van der Waals surface area contributed by atoms with E-state index < -0.39 is 0 Å². The Morgan fingerprint density at radius 1 is 1.39 bits per heavy atom. The monoisotopic (exact) mass is 264 g/mol. The fourth-order valence-electron chi connectivity index (χ4n) is 2.08. The molecular formula is C12H13ClN4O. The van der Waals surface area contributed by atoms with Crippen molar-refractivity contribution in [3.8, 4) is 11.6 Å². The van der Waals surface area contributed by atoms with Gasteiger partial charge >= 0.3 is 0 Å². The number of pyridine rings is 1. The highest BCUT2D eigenvalue weighted by Crippen LogP contribution is 2.23. The molecule has 5 nitrogen and oxygen atoms in total. The van der Waals surface area contributed by atoms with E-state index in [0.717, 1.165) is 31.8 Å². The van der Waals surface area contributed by atoms with Gasteiger partial charge < -0.3 is 9.84 Å². The lowest BCUT2D eigenvalue weighted by Gasteiger charge is -2.19. The molecule has 6 heteroatoms. The van der Waals surface area contributed by atoms with Gasteiger partial charge in [-0.1, -0.05) is 16.8 Å². The molecule has 94 valence electrons. The predicted molar refractivity (Wildman–Crippen MR) is 67.4 cm³/mol. The third kappa shape index (κ3) is 2.37. The molecule has 1 aliphatic heterocycles. The predicted octanol–water partition coefficient (Wildman–Crippen LogP) is 2.25. The lowest BCUT2D eigenvalue weighted by atomic mass is 9.99. The van der Waals surface area contributed by atoms with Crippen LogP contribution in [0.25, 0.3) is 11.6 Å². The van der Waals surface area contributed by atoms with E-state index in [1.54, 1.807) is 18.3 Å². The number of aromatic nitrogens is 3. The van der Waals surface area contributed by atoms with Gasteiger partial charge in [-0.05, 0) is 31.5 Å². The quantitative estimate of drug-likeness (QED) is 0.901.